The summed E-state index contributed by atoms with van der Waals surface area (Å²) >= 11 is 0. The molecule has 1 saturated carbocycles. The van der Waals surface area contributed by atoms with Crippen molar-refractivity contribution in [1.82, 2.24) is 20.2 Å². The fourth-order valence-electron chi connectivity index (χ4n) is 5.04. The summed E-state index contributed by atoms with van der Waals surface area (Å²) in [6.07, 6.45) is 7.43. The van der Waals surface area contributed by atoms with Gasteiger partial charge in [-0.1, -0.05) is 55.3 Å². The summed E-state index contributed by atoms with van der Waals surface area (Å²) in [5, 5.41) is 3.22. The van der Waals surface area contributed by atoms with Crippen LogP contribution in [-0.2, 0) is 11.3 Å². The van der Waals surface area contributed by atoms with Crippen LogP contribution < -0.4 is 10.1 Å². The first kappa shape index (κ1) is 25.3. The number of hydrogen-bond acceptors (Lipinski definition) is 4. The van der Waals surface area contributed by atoms with Crippen molar-refractivity contribution in [2.45, 2.75) is 44.3 Å². The second-order valence-corrected chi connectivity index (χ2v) is 9.61. The highest BCUT2D eigenvalue weighted by atomic mass is 16.5. The van der Waals surface area contributed by atoms with Gasteiger partial charge in [-0.3, -0.25) is 14.6 Å². The number of hydrogen-bond donors (Lipinski definition) is 2. The molecule has 2 N–H and O–H groups in total. The molecule has 1 fully saturated rings. The number of benzene rings is 2. The van der Waals surface area contributed by atoms with Crippen molar-refractivity contribution in [2.24, 2.45) is 0 Å². The second kappa shape index (κ2) is 11.8. The molecule has 7 heteroatoms. The van der Waals surface area contributed by atoms with Gasteiger partial charge in [-0.25, -0.2) is 0 Å². The van der Waals surface area contributed by atoms with Crippen LogP contribution in [0.4, 0.5) is 0 Å². The van der Waals surface area contributed by atoms with E-state index in [9.17, 15) is 9.59 Å². The Morgan fingerprint density at radius 2 is 1.68 bits per heavy atom. The zero-order chi connectivity index (χ0) is 26.3. The maximum absolute atomic E-state index is 14.1. The Morgan fingerprint density at radius 1 is 0.974 bits per heavy atom. The van der Waals surface area contributed by atoms with Crippen molar-refractivity contribution in [2.75, 3.05) is 7.11 Å². The summed E-state index contributed by atoms with van der Waals surface area (Å²) < 4.78 is 5.31. The Kier molecular flexibility index (Phi) is 7.83. The lowest BCUT2D eigenvalue weighted by atomic mass is 10.0. The minimum Gasteiger partial charge on any atom is -0.497 e. The molecule has 0 aliphatic heterocycles. The van der Waals surface area contributed by atoms with Crippen LogP contribution in [0.5, 0.6) is 5.75 Å². The van der Waals surface area contributed by atoms with Gasteiger partial charge in [0.15, 0.2) is 0 Å². The summed E-state index contributed by atoms with van der Waals surface area (Å²) in [6.45, 7) is 0.244. The predicted molar refractivity (Wildman–Crippen MR) is 146 cm³/mol. The standard InChI is InChI=1S/C31H32N4O3/c1-38-26-13-11-22(12-14-26)21-35(31(37)28-16-15-27(34-28)23-7-3-2-4-8-23)29(24-17-19-32-20-18-24)30(36)33-25-9-5-6-10-25/h2-4,7-8,11-20,25,29,34H,5-6,9-10,21H2,1H3,(H,33,36)/t29-/m0/s1. The predicted octanol–water partition coefficient (Wildman–Crippen LogP) is 5.53. The maximum Gasteiger partial charge on any atom is 0.271 e. The fraction of sp³-hybridized carbons (Fsp3) is 0.258. The fourth-order valence-corrected chi connectivity index (χ4v) is 5.04. The number of carbonyl (C=O) groups excluding carboxylic acids is 2. The molecule has 4 aromatic rings. The SMILES string of the molecule is COc1ccc(CN(C(=O)c2ccc(-c3ccccc3)[nH]2)[C@H](C(=O)NC2CCCC2)c2ccncc2)cc1. The van der Waals surface area contributed by atoms with Crippen LogP contribution in [0.25, 0.3) is 11.3 Å². The van der Waals surface area contributed by atoms with Gasteiger partial charge in [0.05, 0.1) is 7.11 Å². The molecule has 1 aliphatic carbocycles. The van der Waals surface area contributed by atoms with E-state index in [1.807, 2.05) is 60.7 Å². The number of rotatable bonds is 9. The molecular weight excluding hydrogens is 476 g/mol. The molecule has 194 valence electrons. The van der Waals surface area contributed by atoms with Gasteiger partial charge in [0.2, 0.25) is 5.91 Å². The third-order valence-corrected chi connectivity index (χ3v) is 7.06. The Balaban J connectivity index is 1.52. The van der Waals surface area contributed by atoms with Gasteiger partial charge in [-0.05, 0) is 65.9 Å². The Labute approximate surface area is 222 Å². The number of methoxy groups -OCH3 is 1. The quantitative estimate of drug-likeness (QED) is 0.311. The smallest absolute Gasteiger partial charge is 0.271 e. The molecule has 2 amide bonds. The van der Waals surface area contributed by atoms with Gasteiger partial charge in [-0.2, -0.15) is 0 Å². The summed E-state index contributed by atoms with van der Waals surface area (Å²) in [5.41, 5.74) is 3.85. The average molecular weight is 509 g/mol. The molecular formula is C31H32N4O3. The van der Waals surface area contributed by atoms with E-state index >= 15 is 0 Å². The number of ether oxygens (including phenoxy) is 1. The maximum atomic E-state index is 14.1. The van der Waals surface area contributed by atoms with Crippen molar-refractivity contribution in [3.05, 3.63) is 108 Å². The Hall–Kier alpha value is -4.39. The molecule has 0 spiro atoms. The van der Waals surface area contributed by atoms with Crippen LogP contribution in [-0.4, -0.2) is 39.8 Å². The molecule has 7 nitrogen and oxygen atoms in total. The lowest BCUT2D eigenvalue weighted by Gasteiger charge is -2.32. The molecule has 5 rings (SSSR count). The van der Waals surface area contributed by atoms with Crippen molar-refractivity contribution < 1.29 is 14.3 Å². The molecule has 0 saturated heterocycles. The highest BCUT2D eigenvalue weighted by Crippen LogP contribution is 2.28. The summed E-state index contributed by atoms with van der Waals surface area (Å²) in [5.74, 6) is 0.291. The lowest BCUT2D eigenvalue weighted by Crippen LogP contribution is -2.46. The third kappa shape index (κ3) is 5.78. The van der Waals surface area contributed by atoms with Crippen LogP contribution in [0.15, 0.2) is 91.3 Å². The van der Waals surface area contributed by atoms with Crippen LogP contribution in [0, 0.1) is 0 Å². The van der Waals surface area contributed by atoms with E-state index in [1.165, 1.54) is 0 Å². The first-order valence-corrected chi connectivity index (χ1v) is 13.0. The first-order valence-electron chi connectivity index (χ1n) is 13.0. The number of amides is 2. The molecule has 0 unspecified atom stereocenters. The molecule has 2 aromatic heterocycles. The van der Waals surface area contributed by atoms with Gasteiger partial charge in [0, 0.05) is 30.7 Å². The van der Waals surface area contributed by atoms with E-state index in [-0.39, 0.29) is 24.4 Å². The minimum absolute atomic E-state index is 0.125. The number of H-pyrrole nitrogens is 1. The Morgan fingerprint density at radius 3 is 2.37 bits per heavy atom. The van der Waals surface area contributed by atoms with E-state index in [2.05, 4.69) is 15.3 Å². The molecule has 1 aliphatic rings. The van der Waals surface area contributed by atoms with Crippen LogP contribution >= 0.6 is 0 Å². The second-order valence-electron chi connectivity index (χ2n) is 9.61. The van der Waals surface area contributed by atoms with Gasteiger partial charge < -0.3 is 19.9 Å². The zero-order valence-electron chi connectivity index (χ0n) is 21.5. The van der Waals surface area contributed by atoms with E-state index in [0.717, 1.165) is 48.3 Å². The van der Waals surface area contributed by atoms with Gasteiger partial charge in [0.25, 0.3) is 5.91 Å². The highest BCUT2D eigenvalue weighted by Gasteiger charge is 2.34. The van der Waals surface area contributed by atoms with Crippen molar-refractivity contribution in [1.29, 1.82) is 0 Å². The van der Waals surface area contributed by atoms with Gasteiger partial charge >= 0.3 is 0 Å². The summed E-state index contributed by atoms with van der Waals surface area (Å²) in [4.78, 5) is 37.0. The largest absolute Gasteiger partial charge is 0.497 e. The summed E-state index contributed by atoms with van der Waals surface area (Å²) in [6, 6.07) is 24.0. The minimum atomic E-state index is -0.823. The van der Waals surface area contributed by atoms with Crippen molar-refractivity contribution >= 4 is 11.8 Å². The molecule has 2 aromatic carbocycles. The first-order chi connectivity index (χ1) is 18.6. The van der Waals surface area contributed by atoms with E-state index < -0.39 is 6.04 Å². The number of nitrogens with zero attached hydrogens (tertiary/aromatic N) is 2. The third-order valence-electron chi connectivity index (χ3n) is 7.06. The number of pyridine rings is 1. The topological polar surface area (TPSA) is 87.3 Å². The van der Waals surface area contributed by atoms with E-state index in [0.29, 0.717) is 11.3 Å². The Bertz CT molecular complexity index is 1350. The molecule has 1 atom stereocenters. The van der Waals surface area contributed by atoms with Crippen LogP contribution in [0.2, 0.25) is 0 Å². The number of aromatic amines is 1. The lowest BCUT2D eigenvalue weighted by molar-refractivity contribution is -0.126. The molecule has 38 heavy (non-hydrogen) atoms. The zero-order valence-corrected chi connectivity index (χ0v) is 21.5. The highest BCUT2D eigenvalue weighted by molar-refractivity contribution is 5.97. The van der Waals surface area contributed by atoms with Crippen molar-refractivity contribution in [3.63, 3.8) is 0 Å². The molecule has 0 bridgehead atoms. The molecule has 2 heterocycles. The van der Waals surface area contributed by atoms with Gasteiger partial charge in [-0.15, -0.1) is 0 Å². The monoisotopic (exact) mass is 508 g/mol. The molecule has 0 radical (unpaired) electrons. The average Bonchev–Trinajstić information content (AvgIpc) is 3.67. The number of carbonyl (C=O) groups is 2. The number of nitrogens with one attached hydrogen (secondary N) is 2. The normalized spacial score (nSPS) is 14.1. The van der Waals surface area contributed by atoms with E-state index in [4.69, 9.17) is 4.74 Å². The van der Waals surface area contributed by atoms with Gasteiger partial charge in [0.1, 0.15) is 17.5 Å². The van der Waals surface area contributed by atoms with Crippen molar-refractivity contribution in [3.8, 4) is 17.0 Å². The van der Waals surface area contributed by atoms with Crippen LogP contribution in [0.3, 0.4) is 0 Å². The number of aromatic nitrogens is 2. The summed E-state index contributed by atoms with van der Waals surface area (Å²) in [7, 11) is 1.62. The van der Waals surface area contributed by atoms with E-state index in [1.54, 1.807) is 42.6 Å². The van der Waals surface area contributed by atoms with Crippen LogP contribution in [0.1, 0.15) is 53.3 Å².